The fourth-order valence-corrected chi connectivity index (χ4v) is 2.67. The largest absolute Gasteiger partial charge is 0.339 e. The summed E-state index contributed by atoms with van der Waals surface area (Å²) in [6.45, 7) is 5.13. The van der Waals surface area contributed by atoms with Crippen molar-refractivity contribution < 1.29 is 9.59 Å². The fraction of sp³-hybridized carbons (Fsp3) is 0.200. The third kappa shape index (κ3) is 4.20. The van der Waals surface area contributed by atoms with E-state index in [0.29, 0.717) is 24.3 Å². The Morgan fingerprint density at radius 2 is 1.78 bits per heavy atom. The van der Waals surface area contributed by atoms with Crippen molar-refractivity contribution in [3.63, 3.8) is 0 Å². The van der Waals surface area contributed by atoms with Gasteiger partial charge in [0, 0.05) is 24.3 Å². The van der Waals surface area contributed by atoms with Gasteiger partial charge in [-0.25, -0.2) is 0 Å². The number of hydrogen-bond donors (Lipinski definition) is 1. The molecular formula is C20H21N5O2. The van der Waals surface area contributed by atoms with Crippen molar-refractivity contribution in [1.29, 1.82) is 0 Å². The molecule has 0 bridgehead atoms. The highest BCUT2D eigenvalue weighted by atomic mass is 16.2. The number of amides is 2. The molecule has 2 aromatic carbocycles. The van der Waals surface area contributed by atoms with Gasteiger partial charge in [0.2, 0.25) is 0 Å². The van der Waals surface area contributed by atoms with E-state index < -0.39 is 0 Å². The minimum absolute atomic E-state index is 0.0638. The maximum atomic E-state index is 12.5. The Labute approximate surface area is 157 Å². The summed E-state index contributed by atoms with van der Waals surface area (Å²) < 4.78 is 0. The lowest BCUT2D eigenvalue weighted by atomic mass is 10.1. The number of nitrogens with zero attached hydrogens (tertiary/aromatic N) is 4. The van der Waals surface area contributed by atoms with Crippen LogP contribution < -0.4 is 5.32 Å². The highest BCUT2D eigenvalue weighted by Gasteiger charge is 2.15. The standard InChI is InChI=1S/C20H21N5O2/c1-3-24(4-2)20(27)15-9-8-10-16(13-15)22-19(26)18-14-21-25(23-18)17-11-6-5-7-12-17/h5-14H,3-4H2,1-2H3,(H,22,26). The summed E-state index contributed by atoms with van der Waals surface area (Å²) in [5.41, 5.74) is 2.03. The van der Waals surface area contributed by atoms with Crippen LogP contribution in [0.25, 0.3) is 5.69 Å². The lowest BCUT2D eigenvalue weighted by molar-refractivity contribution is 0.0772. The van der Waals surface area contributed by atoms with E-state index in [1.54, 1.807) is 29.2 Å². The van der Waals surface area contributed by atoms with Crippen LogP contribution in [0.5, 0.6) is 0 Å². The van der Waals surface area contributed by atoms with E-state index in [9.17, 15) is 9.59 Å². The molecular weight excluding hydrogens is 342 g/mol. The van der Waals surface area contributed by atoms with Gasteiger partial charge >= 0.3 is 0 Å². The van der Waals surface area contributed by atoms with Crippen LogP contribution >= 0.6 is 0 Å². The molecule has 0 aliphatic heterocycles. The summed E-state index contributed by atoms with van der Waals surface area (Å²) in [4.78, 5) is 28.1. The topological polar surface area (TPSA) is 80.1 Å². The number of benzene rings is 2. The SMILES string of the molecule is CCN(CC)C(=O)c1cccc(NC(=O)c2cnn(-c3ccccc3)n2)c1. The van der Waals surface area contributed by atoms with Crippen LogP contribution in [0, 0.1) is 0 Å². The van der Waals surface area contributed by atoms with Gasteiger partial charge in [0.15, 0.2) is 5.69 Å². The van der Waals surface area contributed by atoms with Crippen LogP contribution in [-0.2, 0) is 0 Å². The zero-order valence-electron chi connectivity index (χ0n) is 15.3. The zero-order valence-corrected chi connectivity index (χ0v) is 15.3. The molecule has 0 atom stereocenters. The molecule has 7 heteroatoms. The molecule has 2 amide bonds. The fourth-order valence-electron chi connectivity index (χ4n) is 2.67. The number of hydrogen-bond acceptors (Lipinski definition) is 4. The predicted molar refractivity (Wildman–Crippen MR) is 103 cm³/mol. The van der Waals surface area contributed by atoms with E-state index in [-0.39, 0.29) is 17.5 Å². The van der Waals surface area contributed by atoms with Crippen LogP contribution in [0.2, 0.25) is 0 Å². The molecule has 0 aliphatic carbocycles. The molecule has 0 saturated heterocycles. The third-order valence-corrected chi connectivity index (χ3v) is 4.13. The van der Waals surface area contributed by atoms with E-state index in [2.05, 4.69) is 15.5 Å². The van der Waals surface area contributed by atoms with Crippen LogP contribution in [0.4, 0.5) is 5.69 Å². The number of carbonyl (C=O) groups is 2. The van der Waals surface area contributed by atoms with Crippen LogP contribution in [0.1, 0.15) is 34.7 Å². The summed E-state index contributed by atoms with van der Waals surface area (Å²) in [6, 6.07) is 16.2. The van der Waals surface area contributed by atoms with Crippen molar-refractivity contribution in [3.05, 3.63) is 72.1 Å². The average Bonchev–Trinajstić information content (AvgIpc) is 3.20. The molecule has 0 unspecified atom stereocenters. The van der Waals surface area contributed by atoms with Crippen LogP contribution in [0.15, 0.2) is 60.8 Å². The molecule has 1 heterocycles. The monoisotopic (exact) mass is 363 g/mol. The van der Waals surface area contributed by atoms with Crippen molar-refractivity contribution in [3.8, 4) is 5.69 Å². The van der Waals surface area contributed by atoms with Gasteiger partial charge in [-0.2, -0.15) is 9.90 Å². The second kappa shape index (κ2) is 8.27. The van der Waals surface area contributed by atoms with Crippen molar-refractivity contribution >= 4 is 17.5 Å². The van der Waals surface area contributed by atoms with Crippen molar-refractivity contribution in [2.45, 2.75) is 13.8 Å². The van der Waals surface area contributed by atoms with Crippen LogP contribution in [0.3, 0.4) is 0 Å². The third-order valence-electron chi connectivity index (χ3n) is 4.13. The van der Waals surface area contributed by atoms with Gasteiger partial charge in [-0.3, -0.25) is 9.59 Å². The first-order valence-corrected chi connectivity index (χ1v) is 8.80. The molecule has 1 N–H and O–H groups in total. The molecule has 3 rings (SSSR count). The highest BCUT2D eigenvalue weighted by molar-refractivity contribution is 6.03. The molecule has 27 heavy (non-hydrogen) atoms. The van der Waals surface area contributed by atoms with Crippen LogP contribution in [-0.4, -0.2) is 44.8 Å². The lowest BCUT2D eigenvalue weighted by Gasteiger charge is -2.18. The van der Waals surface area contributed by atoms with Gasteiger partial charge in [0.1, 0.15) is 0 Å². The molecule has 138 valence electrons. The molecule has 3 aromatic rings. The van der Waals surface area contributed by atoms with Crippen molar-refractivity contribution in [2.24, 2.45) is 0 Å². The van der Waals surface area contributed by atoms with Crippen molar-refractivity contribution in [2.75, 3.05) is 18.4 Å². The smallest absolute Gasteiger partial charge is 0.277 e. The number of nitrogens with one attached hydrogen (secondary N) is 1. The molecule has 0 spiro atoms. The predicted octanol–water partition coefficient (Wildman–Crippen LogP) is 3.00. The van der Waals surface area contributed by atoms with E-state index in [0.717, 1.165) is 5.69 Å². The summed E-state index contributed by atoms with van der Waals surface area (Å²) in [5, 5.41) is 11.1. The molecule has 0 aliphatic rings. The second-order valence-electron chi connectivity index (χ2n) is 5.87. The highest BCUT2D eigenvalue weighted by Crippen LogP contribution is 2.14. The quantitative estimate of drug-likeness (QED) is 0.730. The summed E-state index contributed by atoms with van der Waals surface area (Å²) in [7, 11) is 0. The maximum absolute atomic E-state index is 12.5. The number of carbonyl (C=O) groups excluding carboxylic acids is 2. The van der Waals surface area contributed by atoms with Crippen molar-refractivity contribution in [1.82, 2.24) is 19.9 Å². The molecule has 0 fully saturated rings. The maximum Gasteiger partial charge on any atom is 0.277 e. The zero-order chi connectivity index (χ0) is 19.2. The Morgan fingerprint density at radius 1 is 1.04 bits per heavy atom. The number of para-hydroxylation sites is 1. The summed E-state index contributed by atoms with van der Waals surface area (Å²) in [6.07, 6.45) is 1.41. The minimum atomic E-state index is -0.385. The second-order valence-corrected chi connectivity index (χ2v) is 5.87. The number of aromatic nitrogens is 3. The lowest BCUT2D eigenvalue weighted by Crippen LogP contribution is -2.30. The first kappa shape index (κ1) is 18.3. The normalized spacial score (nSPS) is 10.4. The van der Waals surface area contributed by atoms with Gasteiger partial charge in [-0.1, -0.05) is 24.3 Å². The summed E-state index contributed by atoms with van der Waals surface area (Å²) >= 11 is 0. The van der Waals surface area contributed by atoms with E-state index in [1.807, 2.05) is 44.2 Å². The first-order valence-electron chi connectivity index (χ1n) is 8.80. The van der Waals surface area contributed by atoms with Gasteiger partial charge in [0.25, 0.3) is 11.8 Å². The molecule has 1 aromatic heterocycles. The number of anilines is 1. The van der Waals surface area contributed by atoms with Gasteiger partial charge in [-0.05, 0) is 44.2 Å². The van der Waals surface area contributed by atoms with E-state index >= 15 is 0 Å². The Balaban J connectivity index is 1.74. The van der Waals surface area contributed by atoms with E-state index in [4.69, 9.17) is 0 Å². The molecule has 0 radical (unpaired) electrons. The Bertz CT molecular complexity index is 932. The summed E-state index contributed by atoms with van der Waals surface area (Å²) in [5.74, 6) is -0.448. The van der Waals surface area contributed by atoms with E-state index in [1.165, 1.54) is 11.0 Å². The van der Waals surface area contributed by atoms with Gasteiger partial charge < -0.3 is 10.2 Å². The average molecular weight is 363 g/mol. The van der Waals surface area contributed by atoms with Gasteiger partial charge in [0.05, 0.1) is 11.9 Å². The molecule has 0 saturated carbocycles. The molecule has 7 nitrogen and oxygen atoms in total. The van der Waals surface area contributed by atoms with Gasteiger partial charge in [-0.15, -0.1) is 5.10 Å². The minimum Gasteiger partial charge on any atom is -0.339 e. The Kier molecular flexibility index (Phi) is 5.61. The Hall–Kier alpha value is -3.48. The number of rotatable bonds is 6. The first-order chi connectivity index (χ1) is 13.1. The Morgan fingerprint density at radius 3 is 2.48 bits per heavy atom.